The van der Waals surface area contributed by atoms with Gasteiger partial charge in [0, 0.05) is 17.8 Å². The Kier molecular flexibility index (Phi) is 5.54. The Morgan fingerprint density at radius 1 is 1.30 bits per heavy atom. The second kappa shape index (κ2) is 7.81. The lowest BCUT2D eigenvalue weighted by Gasteiger charge is -2.32. The van der Waals surface area contributed by atoms with Crippen molar-refractivity contribution >= 4 is 11.6 Å². The van der Waals surface area contributed by atoms with Crippen molar-refractivity contribution in [1.29, 1.82) is 0 Å². The molecule has 6 heteroatoms. The zero-order chi connectivity index (χ0) is 16.1. The number of aromatic amines is 1. The number of rotatable bonds is 6. The van der Waals surface area contributed by atoms with Gasteiger partial charge in [-0.25, -0.2) is 0 Å². The van der Waals surface area contributed by atoms with E-state index in [2.05, 4.69) is 15.1 Å². The molecule has 1 saturated heterocycles. The second-order valence-electron chi connectivity index (χ2n) is 6.03. The van der Waals surface area contributed by atoms with Gasteiger partial charge in [0.15, 0.2) is 0 Å². The van der Waals surface area contributed by atoms with Gasteiger partial charge in [-0.1, -0.05) is 11.6 Å². The standard InChI is InChI=1S/C17H22ClN3O2/c18-15-1-3-17(4-2-15)23-12-16(22)11-21-7-5-13(6-8-21)14-9-19-20-10-14/h1-4,9-10,13,16,22H,5-8,11-12H2,(H,19,20)/t16-/m0/s1. The van der Waals surface area contributed by atoms with Crippen LogP contribution in [-0.4, -0.2) is 52.5 Å². The molecule has 23 heavy (non-hydrogen) atoms. The molecule has 124 valence electrons. The molecule has 1 aromatic heterocycles. The summed E-state index contributed by atoms with van der Waals surface area (Å²) in [5, 5.41) is 17.7. The number of nitrogens with zero attached hydrogens (tertiary/aromatic N) is 2. The third-order valence-corrected chi connectivity index (χ3v) is 4.56. The van der Waals surface area contributed by atoms with Crippen molar-refractivity contribution in [3.8, 4) is 5.75 Å². The monoisotopic (exact) mass is 335 g/mol. The topological polar surface area (TPSA) is 61.4 Å². The number of piperidine rings is 1. The van der Waals surface area contributed by atoms with Gasteiger partial charge in [0.05, 0.1) is 6.20 Å². The Hall–Kier alpha value is -1.56. The van der Waals surface area contributed by atoms with Crippen molar-refractivity contribution in [2.24, 2.45) is 0 Å². The van der Waals surface area contributed by atoms with Crippen LogP contribution in [0.4, 0.5) is 0 Å². The number of hydrogen-bond acceptors (Lipinski definition) is 4. The van der Waals surface area contributed by atoms with Crippen molar-refractivity contribution in [2.75, 3.05) is 26.2 Å². The van der Waals surface area contributed by atoms with E-state index in [1.54, 1.807) is 12.1 Å². The van der Waals surface area contributed by atoms with Crippen LogP contribution < -0.4 is 4.74 Å². The molecule has 2 aromatic rings. The van der Waals surface area contributed by atoms with Gasteiger partial charge in [-0.05, 0) is 61.7 Å². The third kappa shape index (κ3) is 4.70. The Morgan fingerprint density at radius 2 is 2.04 bits per heavy atom. The Balaban J connectivity index is 1.39. The molecule has 0 aliphatic carbocycles. The van der Waals surface area contributed by atoms with Crippen LogP contribution in [0.15, 0.2) is 36.7 Å². The van der Waals surface area contributed by atoms with Gasteiger partial charge in [0.2, 0.25) is 0 Å². The molecule has 0 saturated carbocycles. The van der Waals surface area contributed by atoms with Crippen LogP contribution in [-0.2, 0) is 0 Å². The van der Waals surface area contributed by atoms with Gasteiger partial charge in [-0.15, -0.1) is 0 Å². The van der Waals surface area contributed by atoms with Crippen LogP contribution in [0.25, 0.3) is 0 Å². The number of aliphatic hydroxyl groups excluding tert-OH is 1. The maximum atomic E-state index is 10.2. The summed E-state index contributed by atoms with van der Waals surface area (Å²) in [6, 6.07) is 7.19. The minimum atomic E-state index is -0.490. The summed E-state index contributed by atoms with van der Waals surface area (Å²) in [5.74, 6) is 1.31. The Bertz CT molecular complexity index is 580. The minimum Gasteiger partial charge on any atom is -0.491 e. The maximum Gasteiger partial charge on any atom is 0.119 e. The van der Waals surface area contributed by atoms with Gasteiger partial charge in [0.1, 0.15) is 18.5 Å². The summed E-state index contributed by atoms with van der Waals surface area (Å²) < 4.78 is 5.60. The molecule has 1 fully saturated rings. The summed E-state index contributed by atoms with van der Waals surface area (Å²) in [6.45, 7) is 2.93. The van der Waals surface area contributed by atoms with E-state index in [0.717, 1.165) is 31.7 Å². The second-order valence-corrected chi connectivity index (χ2v) is 6.46. The van der Waals surface area contributed by atoms with Crippen molar-refractivity contribution in [3.05, 3.63) is 47.2 Å². The SMILES string of the molecule is O[C@H](COc1ccc(Cl)cc1)CN1CCC(c2cn[nH]c2)CC1. The molecule has 2 N–H and O–H groups in total. The highest BCUT2D eigenvalue weighted by atomic mass is 35.5. The fourth-order valence-corrected chi connectivity index (χ4v) is 3.13. The van der Waals surface area contributed by atoms with E-state index < -0.39 is 6.10 Å². The van der Waals surface area contributed by atoms with E-state index in [0.29, 0.717) is 24.1 Å². The number of hydrogen-bond donors (Lipinski definition) is 2. The third-order valence-electron chi connectivity index (χ3n) is 4.30. The number of aromatic nitrogens is 2. The first kappa shape index (κ1) is 16.3. The molecule has 0 bridgehead atoms. The summed E-state index contributed by atoms with van der Waals surface area (Å²) in [6.07, 6.45) is 5.61. The number of ether oxygens (including phenoxy) is 1. The average molecular weight is 336 g/mol. The van der Waals surface area contributed by atoms with Crippen LogP contribution in [0, 0.1) is 0 Å². The Morgan fingerprint density at radius 3 is 2.70 bits per heavy atom. The van der Waals surface area contributed by atoms with E-state index >= 15 is 0 Å². The number of halogens is 1. The minimum absolute atomic E-state index is 0.295. The molecule has 0 amide bonds. The van der Waals surface area contributed by atoms with Crippen molar-refractivity contribution < 1.29 is 9.84 Å². The first-order chi connectivity index (χ1) is 11.2. The van der Waals surface area contributed by atoms with E-state index in [1.807, 2.05) is 24.5 Å². The van der Waals surface area contributed by atoms with Crippen LogP contribution in [0.3, 0.4) is 0 Å². The number of likely N-dealkylation sites (tertiary alicyclic amines) is 1. The van der Waals surface area contributed by atoms with Crippen LogP contribution >= 0.6 is 11.6 Å². The fraction of sp³-hybridized carbons (Fsp3) is 0.471. The maximum absolute atomic E-state index is 10.2. The normalized spacial score (nSPS) is 18.0. The van der Waals surface area contributed by atoms with Gasteiger partial charge in [-0.3, -0.25) is 5.10 Å². The quantitative estimate of drug-likeness (QED) is 0.852. The summed E-state index contributed by atoms with van der Waals surface area (Å²) in [5.41, 5.74) is 1.29. The number of benzene rings is 1. The highest BCUT2D eigenvalue weighted by Gasteiger charge is 2.22. The molecule has 5 nitrogen and oxygen atoms in total. The predicted octanol–water partition coefficient (Wildman–Crippen LogP) is 2.68. The molecule has 0 radical (unpaired) electrons. The molecular formula is C17H22ClN3O2. The summed E-state index contributed by atoms with van der Waals surface area (Å²) in [7, 11) is 0. The first-order valence-corrected chi connectivity index (χ1v) is 8.36. The number of nitrogens with one attached hydrogen (secondary N) is 1. The largest absolute Gasteiger partial charge is 0.491 e. The lowest BCUT2D eigenvalue weighted by Crippen LogP contribution is -2.40. The zero-order valence-electron chi connectivity index (χ0n) is 13.0. The molecule has 1 aliphatic rings. The number of β-amino-alcohol motifs (C(OH)–C–C–N with tert-alkyl or cyclic N) is 1. The van der Waals surface area contributed by atoms with E-state index in [4.69, 9.17) is 16.3 Å². The molecule has 0 unspecified atom stereocenters. The molecule has 1 aromatic carbocycles. The van der Waals surface area contributed by atoms with E-state index in [1.165, 1.54) is 5.56 Å². The van der Waals surface area contributed by atoms with Crippen molar-refractivity contribution in [1.82, 2.24) is 15.1 Å². The highest BCUT2D eigenvalue weighted by Crippen LogP contribution is 2.27. The van der Waals surface area contributed by atoms with Crippen LogP contribution in [0.5, 0.6) is 5.75 Å². The van der Waals surface area contributed by atoms with Crippen molar-refractivity contribution in [3.63, 3.8) is 0 Å². The summed E-state index contributed by atoms with van der Waals surface area (Å²) >= 11 is 5.83. The van der Waals surface area contributed by atoms with Gasteiger partial charge < -0.3 is 14.7 Å². The predicted molar refractivity (Wildman–Crippen MR) is 90.0 cm³/mol. The molecule has 2 heterocycles. The lowest BCUT2D eigenvalue weighted by atomic mass is 9.91. The van der Waals surface area contributed by atoms with Gasteiger partial charge in [0.25, 0.3) is 0 Å². The first-order valence-electron chi connectivity index (χ1n) is 7.98. The fourth-order valence-electron chi connectivity index (χ4n) is 3.01. The molecule has 1 atom stereocenters. The Labute approximate surface area is 141 Å². The molecule has 0 spiro atoms. The highest BCUT2D eigenvalue weighted by molar-refractivity contribution is 6.30. The van der Waals surface area contributed by atoms with Crippen molar-refractivity contribution in [2.45, 2.75) is 24.9 Å². The van der Waals surface area contributed by atoms with E-state index in [-0.39, 0.29) is 0 Å². The average Bonchev–Trinajstić information content (AvgIpc) is 3.09. The van der Waals surface area contributed by atoms with Crippen LogP contribution in [0.2, 0.25) is 5.02 Å². The molecule has 3 rings (SSSR count). The van der Waals surface area contributed by atoms with Crippen LogP contribution in [0.1, 0.15) is 24.3 Å². The van der Waals surface area contributed by atoms with Gasteiger partial charge in [-0.2, -0.15) is 5.10 Å². The number of aliphatic hydroxyl groups is 1. The molecular weight excluding hydrogens is 314 g/mol. The number of H-pyrrole nitrogens is 1. The molecule has 1 aliphatic heterocycles. The lowest BCUT2D eigenvalue weighted by molar-refractivity contribution is 0.0594. The zero-order valence-corrected chi connectivity index (χ0v) is 13.7. The smallest absolute Gasteiger partial charge is 0.119 e. The van der Waals surface area contributed by atoms with E-state index in [9.17, 15) is 5.11 Å². The summed E-state index contributed by atoms with van der Waals surface area (Å²) in [4.78, 5) is 2.30. The van der Waals surface area contributed by atoms with Gasteiger partial charge >= 0.3 is 0 Å².